The third-order valence-corrected chi connectivity index (χ3v) is 2.57. The number of hydrogen-bond donors (Lipinski definition) is 3. The van der Waals surface area contributed by atoms with Crippen molar-refractivity contribution in [2.75, 3.05) is 5.32 Å². The lowest BCUT2D eigenvalue weighted by atomic mass is 10.0. The summed E-state index contributed by atoms with van der Waals surface area (Å²) in [4.78, 5) is 11.0. The van der Waals surface area contributed by atoms with E-state index < -0.39 is 5.60 Å². The summed E-state index contributed by atoms with van der Waals surface area (Å²) in [6.45, 7) is 1.37. The van der Waals surface area contributed by atoms with Crippen molar-refractivity contribution in [3.05, 3.63) is 23.8 Å². The molecule has 15 heavy (non-hydrogen) atoms. The molecule has 0 atom stereocenters. The molecule has 0 saturated heterocycles. The van der Waals surface area contributed by atoms with Gasteiger partial charge >= 0.3 is 0 Å². The van der Waals surface area contributed by atoms with Crippen LogP contribution in [0.3, 0.4) is 0 Å². The highest BCUT2D eigenvalue weighted by molar-refractivity contribution is 5.91. The molecule has 0 aromatic heterocycles. The van der Waals surface area contributed by atoms with E-state index in [1.807, 2.05) is 0 Å². The minimum Gasteiger partial charge on any atom is -0.506 e. The molecular weight excluding hydrogens is 194 g/mol. The fourth-order valence-electron chi connectivity index (χ4n) is 1.62. The standard InChI is InChI=1S/C11H13NO3/c1-7(13)12-10-8(11(15)5-6-11)3-2-4-9(10)14/h2-4,14-15H,5-6H2,1H3,(H,12,13). The lowest BCUT2D eigenvalue weighted by molar-refractivity contribution is -0.114. The van der Waals surface area contributed by atoms with Gasteiger partial charge in [0.2, 0.25) is 5.91 Å². The zero-order valence-electron chi connectivity index (χ0n) is 8.45. The monoisotopic (exact) mass is 207 g/mol. The van der Waals surface area contributed by atoms with Gasteiger partial charge in [-0.05, 0) is 18.9 Å². The molecule has 0 unspecified atom stereocenters. The number of benzene rings is 1. The maximum atomic E-state index is 11.0. The van der Waals surface area contributed by atoms with Crippen LogP contribution in [0.5, 0.6) is 5.75 Å². The van der Waals surface area contributed by atoms with Gasteiger partial charge in [-0.1, -0.05) is 12.1 Å². The van der Waals surface area contributed by atoms with Crippen LogP contribution in [-0.4, -0.2) is 16.1 Å². The number of carbonyl (C=O) groups excluding carboxylic acids is 1. The smallest absolute Gasteiger partial charge is 0.221 e. The van der Waals surface area contributed by atoms with Gasteiger partial charge in [-0.15, -0.1) is 0 Å². The minimum atomic E-state index is -0.865. The minimum absolute atomic E-state index is 0.0111. The van der Waals surface area contributed by atoms with Crippen LogP contribution in [0.1, 0.15) is 25.3 Å². The van der Waals surface area contributed by atoms with Crippen molar-refractivity contribution < 1.29 is 15.0 Å². The molecule has 0 heterocycles. The van der Waals surface area contributed by atoms with E-state index in [9.17, 15) is 15.0 Å². The predicted octanol–water partition coefficient (Wildman–Crippen LogP) is 1.33. The lowest BCUT2D eigenvalue weighted by Crippen LogP contribution is -2.13. The van der Waals surface area contributed by atoms with Gasteiger partial charge in [0.05, 0.1) is 11.3 Å². The Morgan fingerprint density at radius 2 is 2.13 bits per heavy atom. The molecule has 2 rings (SSSR count). The van der Waals surface area contributed by atoms with Crippen LogP contribution in [0.2, 0.25) is 0 Å². The lowest BCUT2D eigenvalue weighted by Gasteiger charge is -2.15. The summed E-state index contributed by atoms with van der Waals surface area (Å²) < 4.78 is 0. The van der Waals surface area contributed by atoms with E-state index in [1.165, 1.54) is 13.0 Å². The average Bonchev–Trinajstić information content (AvgIpc) is 2.88. The molecular formula is C11H13NO3. The van der Waals surface area contributed by atoms with E-state index in [-0.39, 0.29) is 11.7 Å². The van der Waals surface area contributed by atoms with Gasteiger partial charge in [0.1, 0.15) is 5.75 Å². The predicted molar refractivity (Wildman–Crippen MR) is 55.5 cm³/mol. The van der Waals surface area contributed by atoms with Gasteiger partial charge in [-0.3, -0.25) is 4.79 Å². The zero-order chi connectivity index (χ0) is 11.1. The Hall–Kier alpha value is -1.55. The molecule has 4 heteroatoms. The number of aromatic hydroxyl groups is 1. The van der Waals surface area contributed by atoms with Gasteiger partial charge in [-0.2, -0.15) is 0 Å². The highest BCUT2D eigenvalue weighted by Crippen LogP contribution is 2.49. The number of phenols is 1. The van der Waals surface area contributed by atoms with Crippen LogP contribution >= 0.6 is 0 Å². The van der Waals surface area contributed by atoms with E-state index in [2.05, 4.69) is 5.32 Å². The summed E-state index contributed by atoms with van der Waals surface area (Å²) >= 11 is 0. The first-order valence-electron chi connectivity index (χ1n) is 4.85. The van der Waals surface area contributed by atoms with Crippen molar-refractivity contribution in [1.82, 2.24) is 0 Å². The summed E-state index contributed by atoms with van der Waals surface area (Å²) in [6, 6.07) is 4.87. The van der Waals surface area contributed by atoms with Gasteiger partial charge in [0.15, 0.2) is 0 Å². The van der Waals surface area contributed by atoms with Crippen LogP contribution in [0, 0.1) is 0 Å². The van der Waals surface area contributed by atoms with E-state index in [0.29, 0.717) is 24.1 Å². The molecule has 0 aliphatic heterocycles. The number of hydrogen-bond acceptors (Lipinski definition) is 3. The Labute approximate surface area is 87.6 Å². The van der Waals surface area contributed by atoms with E-state index in [0.717, 1.165) is 0 Å². The Kier molecular flexibility index (Phi) is 2.16. The van der Waals surface area contributed by atoms with Gasteiger partial charge in [-0.25, -0.2) is 0 Å². The van der Waals surface area contributed by atoms with E-state index >= 15 is 0 Å². The van der Waals surface area contributed by atoms with E-state index in [1.54, 1.807) is 12.1 Å². The van der Waals surface area contributed by atoms with Crippen LogP contribution in [0.15, 0.2) is 18.2 Å². The number of aliphatic hydroxyl groups is 1. The van der Waals surface area contributed by atoms with Crippen molar-refractivity contribution >= 4 is 11.6 Å². The molecule has 3 N–H and O–H groups in total. The Bertz CT molecular complexity index is 410. The number of para-hydroxylation sites is 1. The van der Waals surface area contributed by atoms with Crippen LogP contribution < -0.4 is 5.32 Å². The molecule has 1 aromatic carbocycles. The van der Waals surface area contributed by atoms with Crippen molar-refractivity contribution in [2.45, 2.75) is 25.4 Å². The SMILES string of the molecule is CC(=O)Nc1c(O)cccc1C1(O)CC1. The first-order valence-corrected chi connectivity index (χ1v) is 4.85. The van der Waals surface area contributed by atoms with Gasteiger partial charge in [0.25, 0.3) is 0 Å². The highest BCUT2D eigenvalue weighted by atomic mass is 16.3. The third-order valence-electron chi connectivity index (χ3n) is 2.57. The third kappa shape index (κ3) is 1.80. The van der Waals surface area contributed by atoms with Crippen molar-refractivity contribution in [3.63, 3.8) is 0 Å². The maximum absolute atomic E-state index is 11.0. The number of nitrogens with one attached hydrogen (secondary N) is 1. The molecule has 1 amide bonds. The van der Waals surface area contributed by atoms with Crippen molar-refractivity contribution in [3.8, 4) is 5.75 Å². The Balaban J connectivity index is 2.44. The van der Waals surface area contributed by atoms with Crippen molar-refractivity contribution in [2.24, 2.45) is 0 Å². The summed E-state index contributed by atoms with van der Waals surface area (Å²) in [7, 11) is 0. The Morgan fingerprint density at radius 1 is 1.47 bits per heavy atom. The molecule has 0 spiro atoms. The molecule has 80 valence electrons. The number of carbonyl (C=O) groups is 1. The zero-order valence-corrected chi connectivity index (χ0v) is 8.45. The van der Waals surface area contributed by atoms with Gasteiger partial charge < -0.3 is 15.5 Å². The largest absolute Gasteiger partial charge is 0.506 e. The number of anilines is 1. The Morgan fingerprint density at radius 3 is 2.67 bits per heavy atom. The summed E-state index contributed by atoms with van der Waals surface area (Å²) in [5.74, 6) is -0.273. The summed E-state index contributed by atoms with van der Waals surface area (Å²) in [5, 5.41) is 22.1. The molecule has 1 saturated carbocycles. The normalized spacial score (nSPS) is 17.2. The highest BCUT2D eigenvalue weighted by Gasteiger charge is 2.44. The second kappa shape index (κ2) is 3.24. The quantitative estimate of drug-likeness (QED) is 0.641. The second-order valence-electron chi connectivity index (χ2n) is 3.91. The first kappa shape index (κ1) is 9.98. The first-order chi connectivity index (χ1) is 7.03. The average molecular weight is 207 g/mol. The second-order valence-corrected chi connectivity index (χ2v) is 3.91. The number of phenolic OH excluding ortho intramolecular Hbond substituents is 1. The van der Waals surface area contributed by atoms with Crippen LogP contribution in [0.25, 0.3) is 0 Å². The molecule has 1 aliphatic rings. The van der Waals surface area contributed by atoms with E-state index in [4.69, 9.17) is 0 Å². The molecule has 0 bridgehead atoms. The summed E-state index contributed by atoms with van der Waals surface area (Å²) in [6.07, 6.45) is 1.34. The fourth-order valence-corrected chi connectivity index (χ4v) is 1.62. The number of rotatable bonds is 2. The molecule has 1 fully saturated rings. The van der Waals surface area contributed by atoms with Gasteiger partial charge in [0, 0.05) is 12.5 Å². The number of amides is 1. The van der Waals surface area contributed by atoms with Crippen LogP contribution in [-0.2, 0) is 10.4 Å². The summed E-state index contributed by atoms with van der Waals surface area (Å²) in [5.41, 5.74) is 0.0546. The molecule has 1 aromatic rings. The topological polar surface area (TPSA) is 69.6 Å². The molecule has 1 aliphatic carbocycles. The van der Waals surface area contributed by atoms with Crippen molar-refractivity contribution in [1.29, 1.82) is 0 Å². The van der Waals surface area contributed by atoms with Crippen LogP contribution in [0.4, 0.5) is 5.69 Å². The maximum Gasteiger partial charge on any atom is 0.221 e. The molecule has 4 nitrogen and oxygen atoms in total. The fraction of sp³-hybridized carbons (Fsp3) is 0.364. The molecule has 0 radical (unpaired) electrons.